The number of benzene rings is 1. The fourth-order valence-corrected chi connectivity index (χ4v) is 2.17. The Bertz CT molecular complexity index is 604. The molecule has 0 amide bonds. The second-order valence-corrected chi connectivity index (χ2v) is 4.55. The molecule has 0 saturated carbocycles. The Balaban J connectivity index is 2.72. The van der Waals surface area contributed by atoms with Crippen molar-refractivity contribution in [3.8, 4) is 0 Å². The van der Waals surface area contributed by atoms with Crippen LogP contribution in [0.25, 0.3) is 10.9 Å². The van der Waals surface area contributed by atoms with Gasteiger partial charge in [0, 0.05) is 22.6 Å². The average molecular weight is 250 g/mol. The van der Waals surface area contributed by atoms with Crippen molar-refractivity contribution < 1.29 is 14.3 Å². The molecule has 5 heteroatoms. The van der Waals surface area contributed by atoms with Gasteiger partial charge >= 0.3 is 5.97 Å². The summed E-state index contributed by atoms with van der Waals surface area (Å²) >= 11 is 0. The number of halogens is 1. The number of hydrogen-bond acceptors (Lipinski definition) is 2. The topological polar surface area (TPSA) is 68.2 Å². The van der Waals surface area contributed by atoms with Crippen LogP contribution in [-0.4, -0.2) is 15.6 Å². The van der Waals surface area contributed by atoms with E-state index in [0.717, 1.165) is 5.52 Å². The third kappa shape index (κ3) is 1.97. The van der Waals surface area contributed by atoms with Crippen molar-refractivity contribution in [2.75, 3.05) is 0 Å². The molecule has 0 fully saturated rings. The van der Waals surface area contributed by atoms with Crippen LogP contribution < -0.4 is 5.73 Å². The smallest absolute Gasteiger partial charge is 0.326 e. The lowest BCUT2D eigenvalue weighted by Gasteiger charge is -2.16. The van der Waals surface area contributed by atoms with E-state index in [1.54, 1.807) is 12.1 Å². The van der Waals surface area contributed by atoms with Gasteiger partial charge in [-0.05, 0) is 38.1 Å². The third-order valence-corrected chi connectivity index (χ3v) is 2.93. The van der Waals surface area contributed by atoms with Gasteiger partial charge in [0.1, 0.15) is 11.9 Å². The summed E-state index contributed by atoms with van der Waals surface area (Å²) in [5.41, 5.74) is 6.94. The van der Waals surface area contributed by atoms with Crippen LogP contribution >= 0.6 is 0 Å². The van der Waals surface area contributed by atoms with Crippen LogP contribution in [0.15, 0.2) is 24.3 Å². The highest BCUT2D eigenvalue weighted by atomic mass is 19.1. The molecule has 0 aliphatic rings. The molecule has 4 nitrogen and oxygen atoms in total. The highest BCUT2D eigenvalue weighted by molar-refractivity contribution is 5.84. The fraction of sp³-hybridized carbons (Fsp3) is 0.308. The second-order valence-electron chi connectivity index (χ2n) is 4.55. The molecule has 0 radical (unpaired) electrons. The van der Waals surface area contributed by atoms with E-state index in [4.69, 9.17) is 10.8 Å². The van der Waals surface area contributed by atoms with E-state index in [1.807, 2.05) is 18.4 Å². The molecule has 2 aromatic rings. The first kappa shape index (κ1) is 12.6. The van der Waals surface area contributed by atoms with Gasteiger partial charge < -0.3 is 15.4 Å². The monoisotopic (exact) mass is 250 g/mol. The minimum Gasteiger partial charge on any atom is -0.480 e. The number of carboxylic acid groups (broad SMARTS) is 1. The highest BCUT2D eigenvalue weighted by Crippen LogP contribution is 2.28. The van der Waals surface area contributed by atoms with Gasteiger partial charge in [-0.2, -0.15) is 0 Å². The van der Waals surface area contributed by atoms with E-state index < -0.39 is 12.0 Å². The van der Waals surface area contributed by atoms with Crippen LogP contribution in [0.2, 0.25) is 0 Å². The van der Waals surface area contributed by atoms with Crippen molar-refractivity contribution in [1.29, 1.82) is 0 Å². The molecule has 18 heavy (non-hydrogen) atoms. The minimum absolute atomic E-state index is 0.0494. The largest absolute Gasteiger partial charge is 0.480 e. The predicted molar refractivity (Wildman–Crippen MR) is 66.8 cm³/mol. The molecule has 1 heterocycles. The lowest BCUT2D eigenvalue weighted by atomic mass is 10.2. The molecule has 3 N–H and O–H groups in total. The van der Waals surface area contributed by atoms with Crippen LogP contribution in [0.4, 0.5) is 4.39 Å². The number of carboxylic acids is 1. The van der Waals surface area contributed by atoms with E-state index in [0.29, 0.717) is 11.1 Å². The Morgan fingerprint density at radius 2 is 2.06 bits per heavy atom. The molecule has 2 rings (SSSR count). The highest BCUT2D eigenvalue weighted by Gasteiger charge is 2.22. The van der Waals surface area contributed by atoms with E-state index in [-0.39, 0.29) is 11.9 Å². The molecule has 96 valence electrons. The number of rotatable bonds is 3. The van der Waals surface area contributed by atoms with Crippen LogP contribution in [0.3, 0.4) is 0 Å². The summed E-state index contributed by atoms with van der Waals surface area (Å²) in [6.07, 6.45) is 0. The van der Waals surface area contributed by atoms with Gasteiger partial charge in [0.25, 0.3) is 0 Å². The van der Waals surface area contributed by atoms with Crippen molar-refractivity contribution in [3.63, 3.8) is 0 Å². The SMILES string of the molecule is CC(C)n1c(C(N)C(=O)O)cc2cc(F)ccc21. The summed E-state index contributed by atoms with van der Waals surface area (Å²) in [4.78, 5) is 11.0. The standard InChI is InChI=1S/C13H15FN2O2/c1-7(2)16-10-4-3-9(14)5-8(10)6-11(16)12(15)13(17)18/h3-7,12H,15H2,1-2H3,(H,17,18). The molecular weight excluding hydrogens is 235 g/mol. The van der Waals surface area contributed by atoms with Crippen molar-refractivity contribution >= 4 is 16.9 Å². The maximum absolute atomic E-state index is 13.2. The minimum atomic E-state index is -1.11. The number of aliphatic carboxylic acids is 1. The van der Waals surface area contributed by atoms with Crippen molar-refractivity contribution in [2.24, 2.45) is 5.73 Å². The molecule has 1 unspecified atom stereocenters. The summed E-state index contributed by atoms with van der Waals surface area (Å²) in [5.74, 6) is -1.45. The van der Waals surface area contributed by atoms with E-state index in [1.165, 1.54) is 12.1 Å². The summed E-state index contributed by atoms with van der Waals surface area (Å²) < 4.78 is 15.0. The fourth-order valence-electron chi connectivity index (χ4n) is 2.17. The molecule has 0 saturated heterocycles. The summed E-state index contributed by atoms with van der Waals surface area (Å²) in [6, 6.07) is 4.96. The predicted octanol–water partition coefficient (Wildman–Crippen LogP) is 2.45. The quantitative estimate of drug-likeness (QED) is 0.879. The Kier molecular flexibility index (Phi) is 3.09. The van der Waals surface area contributed by atoms with Crippen molar-refractivity contribution in [2.45, 2.75) is 25.9 Å². The molecule has 0 aliphatic heterocycles. The maximum atomic E-state index is 13.2. The number of fused-ring (bicyclic) bond motifs is 1. The van der Waals surface area contributed by atoms with Crippen molar-refractivity contribution in [3.05, 3.63) is 35.8 Å². The molecule has 1 aromatic carbocycles. The Hall–Kier alpha value is -1.88. The number of carbonyl (C=O) groups is 1. The van der Waals surface area contributed by atoms with Gasteiger partial charge in [0.15, 0.2) is 0 Å². The first-order valence-corrected chi connectivity index (χ1v) is 5.70. The summed E-state index contributed by atoms with van der Waals surface area (Å²) in [5, 5.41) is 9.67. The zero-order valence-electron chi connectivity index (χ0n) is 10.2. The number of hydrogen-bond donors (Lipinski definition) is 2. The average Bonchev–Trinajstić information content (AvgIpc) is 2.65. The third-order valence-electron chi connectivity index (χ3n) is 2.93. The number of aromatic nitrogens is 1. The van der Waals surface area contributed by atoms with Crippen LogP contribution in [-0.2, 0) is 4.79 Å². The Labute approximate surface area is 104 Å². The molecule has 1 atom stereocenters. The molecule has 0 bridgehead atoms. The van der Waals surface area contributed by atoms with Gasteiger partial charge in [0.2, 0.25) is 0 Å². The van der Waals surface area contributed by atoms with Crippen LogP contribution in [0, 0.1) is 5.82 Å². The van der Waals surface area contributed by atoms with Crippen LogP contribution in [0.5, 0.6) is 0 Å². The van der Waals surface area contributed by atoms with Gasteiger partial charge in [0.05, 0.1) is 0 Å². The zero-order valence-corrected chi connectivity index (χ0v) is 10.2. The first-order chi connectivity index (χ1) is 8.41. The summed E-state index contributed by atoms with van der Waals surface area (Å²) in [6.45, 7) is 3.86. The van der Waals surface area contributed by atoms with E-state index in [2.05, 4.69) is 0 Å². The molecule has 1 aromatic heterocycles. The lowest BCUT2D eigenvalue weighted by Crippen LogP contribution is -2.24. The van der Waals surface area contributed by atoms with E-state index in [9.17, 15) is 9.18 Å². The Morgan fingerprint density at radius 3 is 2.61 bits per heavy atom. The number of nitrogens with zero attached hydrogens (tertiary/aromatic N) is 1. The lowest BCUT2D eigenvalue weighted by molar-refractivity contribution is -0.138. The number of nitrogens with two attached hydrogens (primary N) is 1. The van der Waals surface area contributed by atoms with Gasteiger partial charge in [-0.1, -0.05) is 0 Å². The second kappa shape index (κ2) is 4.42. The maximum Gasteiger partial charge on any atom is 0.326 e. The molecule has 0 spiro atoms. The zero-order chi connectivity index (χ0) is 13.4. The van der Waals surface area contributed by atoms with Crippen molar-refractivity contribution in [1.82, 2.24) is 4.57 Å². The Morgan fingerprint density at radius 1 is 1.39 bits per heavy atom. The molecular formula is C13H15FN2O2. The van der Waals surface area contributed by atoms with Gasteiger partial charge in [-0.3, -0.25) is 4.79 Å². The first-order valence-electron chi connectivity index (χ1n) is 5.70. The van der Waals surface area contributed by atoms with E-state index >= 15 is 0 Å². The summed E-state index contributed by atoms with van der Waals surface area (Å²) in [7, 11) is 0. The van der Waals surface area contributed by atoms with Gasteiger partial charge in [-0.25, -0.2) is 4.39 Å². The van der Waals surface area contributed by atoms with Crippen LogP contribution in [0.1, 0.15) is 31.6 Å². The molecule has 0 aliphatic carbocycles. The normalized spacial score (nSPS) is 13.2. The van der Waals surface area contributed by atoms with Gasteiger partial charge in [-0.15, -0.1) is 0 Å².